The fourth-order valence-corrected chi connectivity index (χ4v) is 18.9. The summed E-state index contributed by atoms with van der Waals surface area (Å²) in [6, 6.07) is 24.8. The molecule has 24 heteroatoms. The number of thiazole rings is 3. The predicted molar refractivity (Wildman–Crippen MR) is 438 cm³/mol. The number of aromatic nitrogens is 6. The lowest BCUT2D eigenvalue weighted by atomic mass is 9.97. The van der Waals surface area contributed by atoms with Crippen LogP contribution in [0.4, 0.5) is 26.7 Å². The van der Waals surface area contributed by atoms with E-state index in [-0.39, 0.29) is 42.3 Å². The first-order valence-electron chi connectivity index (χ1n) is 38.6. The third-order valence-electron chi connectivity index (χ3n) is 21.6. The fraction of sp³-hybridized carbons (Fsp3) is 0.435. The lowest BCUT2D eigenvalue weighted by molar-refractivity contribution is -0.115. The number of amides is 5. The Labute approximate surface area is 655 Å². The number of piperidine rings is 3. The number of anilines is 3. The molecule has 6 aromatic heterocycles. The van der Waals surface area contributed by atoms with E-state index in [1.165, 1.54) is 90.1 Å². The minimum absolute atomic E-state index is 0. The van der Waals surface area contributed by atoms with Gasteiger partial charge in [-0.2, -0.15) is 0 Å². The van der Waals surface area contributed by atoms with Gasteiger partial charge in [0.15, 0.2) is 5.88 Å². The maximum Gasteiger partial charge on any atom is 0.410 e. The van der Waals surface area contributed by atoms with Crippen molar-refractivity contribution >= 4 is 117 Å². The number of ether oxygens (including phenoxy) is 3. The maximum absolute atomic E-state index is 12.8. The summed E-state index contributed by atoms with van der Waals surface area (Å²) < 4.78 is 16.1. The van der Waals surface area contributed by atoms with E-state index in [1.54, 1.807) is 50.9 Å². The van der Waals surface area contributed by atoms with Crippen molar-refractivity contribution in [3.63, 3.8) is 0 Å². The van der Waals surface area contributed by atoms with Crippen LogP contribution < -0.4 is 26.0 Å². The van der Waals surface area contributed by atoms with Gasteiger partial charge in [-0.1, -0.05) is 18.2 Å². The molecule has 3 aliphatic carbocycles. The standard InChI is InChI=1S/C30H34N4O3S.C25H26N4OS.C21H25N3O3S.C9H13NO.ClH/c1-30(2,3)37-29(36)34-12-10-18(11-13-34)28-33-26(17-38-28)20-8-9-25-22(15-20)23(27(35)32-25)16-21-14-19-6-4-5-7-24(19)31-21;30-24-20(13-18-11-16-3-1-2-4-21(16)27-18)19-12-17(5-6-22(19)28-24)23-14-31-25(29-23)15-7-9-26-10-8-15;1-21(2,3)27-20(26)24-8-6-13(7-9-24)19-23-17(12-28-19)14-4-5-16-15(10-14)11-18(25)22-16;1-11-9-6-7-4-2-3-5-8(7)10-9;/h8-9,14-18,31H,4-7,10-13H2,1-3H3,(H,32,35);5-6,11-15,26-27H,1-4,7-10H2,(H,28,30);4-5,10,12-13H,6-9,11H2,1-3H3,(H,22,25);6,10H,2-5H2,1H3;1H/b23-16-;20-13-;;;. The highest BCUT2D eigenvalue weighted by atomic mass is 35.5. The van der Waals surface area contributed by atoms with E-state index in [0.717, 1.165) is 178 Å². The molecule has 3 aromatic carbocycles. The number of aromatic amines is 3. The van der Waals surface area contributed by atoms with Crippen molar-refractivity contribution in [1.82, 2.24) is 45.0 Å². The summed E-state index contributed by atoms with van der Waals surface area (Å²) in [4.78, 5) is 90.5. The Kier molecular flexibility index (Phi) is 23.3. The number of fused-ring (bicyclic) bond motifs is 6. The van der Waals surface area contributed by atoms with Gasteiger partial charge in [0.25, 0.3) is 11.8 Å². The molecule has 0 bridgehead atoms. The van der Waals surface area contributed by atoms with E-state index in [4.69, 9.17) is 29.2 Å². The Hall–Kier alpha value is -9.13. The molecular formula is C85H99ClN12O8S3. The SMILES string of the molecule is CC(C)(C)OC(=O)N1CCC(c2nc(-c3ccc4c(c3)/C(=C/c3cc5c([nH]3)CCCC5)C(=O)N4)cs2)CC1.CC(C)(C)OC(=O)N1CCC(c2nc(-c3ccc4c(c3)CC(=O)N4)cs2)CC1.COc1cc2c([nH]1)CCCC2.Cl.O=C1Nc2ccc(-c3csc(C4CCNCC4)n3)cc2/C1=C/c1cc2c([nH]1)CCCC2. The van der Waals surface area contributed by atoms with E-state index in [2.05, 4.69) is 94.8 Å². The van der Waals surface area contributed by atoms with Crippen LogP contribution in [0.1, 0.15) is 213 Å². The number of nitrogens with one attached hydrogen (secondary N) is 7. The summed E-state index contributed by atoms with van der Waals surface area (Å²) in [6.07, 6.45) is 24.2. The quantitative estimate of drug-likeness (QED) is 0.0666. The predicted octanol–water partition coefficient (Wildman–Crippen LogP) is 18.3. The number of rotatable bonds is 9. The van der Waals surface area contributed by atoms with Gasteiger partial charge in [0.05, 0.1) is 56.8 Å². The molecular weight excluding hydrogens is 1450 g/mol. The van der Waals surface area contributed by atoms with Crippen LogP contribution >= 0.6 is 46.4 Å². The van der Waals surface area contributed by atoms with Gasteiger partial charge in [-0.25, -0.2) is 24.5 Å². The summed E-state index contributed by atoms with van der Waals surface area (Å²) in [5.74, 6) is 2.12. The molecule has 3 saturated heterocycles. The molecule has 9 aliphatic rings. The highest BCUT2D eigenvalue weighted by molar-refractivity contribution is 7.10. The van der Waals surface area contributed by atoms with Gasteiger partial charge in [-0.3, -0.25) is 14.4 Å². The normalized spacial score (nSPS) is 18.4. The van der Waals surface area contributed by atoms with Gasteiger partial charge < -0.3 is 60.2 Å². The van der Waals surface area contributed by atoms with Gasteiger partial charge in [0.2, 0.25) is 5.91 Å². The van der Waals surface area contributed by atoms with Crippen molar-refractivity contribution in [3.8, 4) is 39.7 Å². The van der Waals surface area contributed by atoms with Gasteiger partial charge in [0, 0.05) is 139 Å². The highest BCUT2D eigenvalue weighted by Gasteiger charge is 2.34. The second-order valence-corrected chi connectivity index (χ2v) is 34.5. The van der Waals surface area contributed by atoms with Crippen molar-refractivity contribution in [2.45, 2.75) is 192 Å². The number of halogens is 1. The topological polar surface area (TPSA) is 254 Å². The lowest BCUT2D eigenvalue weighted by Crippen LogP contribution is -2.41. The third kappa shape index (κ3) is 18.2. The smallest absolute Gasteiger partial charge is 0.410 e. The Morgan fingerprint density at radius 1 is 0.477 bits per heavy atom. The van der Waals surface area contributed by atoms with Crippen LogP contribution in [0.3, 0.4) is 0 Å². The highest BCUT2D eigenvalue weighted by Crippen LogP contribution is 2.43. The van der Waals surface area contributed by atoms with Gasteiger partial charge in [-0.05, 0) is 253 Å². The minimum Gasteiger partial charge on any atom is -0.482 e. The van der Waals surface area contributed by atoms with Crippen molar-refractivity contribution in [2.24, 2.45) is 0 Å². The molecule has 0 atom stereocenters. The first-order chi connectivity index (χ1) is 52.2. The molecule has 109 heavy (non-hydrogen) atoms. The van der Waals surface area contributed by atoms with E-state index in [0.29, 0.717) is 55.9 Å². The molecule has 6 aliphatic heterocycles. The number of nitrogens with zero attached hydrogens (tertiary/aromatic N) is 5. The Bertz CT molecular complexity index is 4830. The zero-order valence-electron chi connectivity index (χ0n) is 63.4. The summed E-state index contributed by atoms with van der Waals surface area (Å²) in [5, 5.41) is 22.1. The number of carbonyl (C=O) groups is 5. The Morgan fingerprint density at radius 3 is 1.28 bits per heavy atom. The number of hydrogen-bond acceptors (Lipinski definition) is 15. The molecule has 7 N–H and O–H groups in total. The van der Waals surface area contributed by atoms with Crippen LogP contribution in [-0.2, 0) is 68.8 Å². The van der Waals surface area contributed by atoms with E-state index in [9.17, 15) is 24.0 Å². The van der Waals surface area contributed by atoms with E-state index < -0.39 is 11.2 Å². The van der Waals surface area contributed by atoms with Crippen molar-refractivity contribution in [1.29, 1.82) is 0 Å². The van der Waals surface area contributed by atoms with E-state index in [1.807, 2.05) is 84.0 Å². The van der Waals surface area contributed by atoms with Gasteiger partial charge in [0.1, 0.15) is 11.2 Å². The number of H-pyrrole nitrogens is 3. The van der Waals surface area contributed by atoms with Crippen LogP contribution in [0.5, 0.6) is 5.88 Å². The third-order valence-corrected chi connectivity index (χ3v) is 24.7. The van der Waals surface area contributed by atoms with Crippen molar-refractivity contribution in [3.05, 3.63) is 166 Å². The molecule has 20 nitrogen and oxygen atoms in total. The molecule has 572 valence electrons. The summed E-state index contributed by atoms with van der Waals surface area (Å²) >= 11 is 5.11. The molecule has 3 fully saturated rings. The van der Waals surface area contributed by atoms with Crippen LogP contribution in [0.2, 0.25) is 0 Å². The van der Waals surface area contributed by atoms with Crippen LogP contribution in [0.15, 0.2) is 88.9 Å². The number of carbonyl (C=O) groups excluding carboxylic acids is 5. The fourth-order valence-electron chi connectivity index (χ4n) is 15.9. The van der Waals surface area contributed by atoms with Gasteiger partial charge >= 0.3 is 12.2 Å². The molecule has 0 unspecified atom stereocenters. The lowest BCUT2D eigenvalue weighted by Gasteiger charge is -2.32. The summed E-state index contributed by atoms with van der Waals surface area (Å²) in [7, 11) is 1.71. The van der Waals surface area contributed by atoms with Crippen LogP contribution in [-0.4, -0.2) is 127 Å². The average Bonchev–Trinajstić information content (AvgIpc) is 1.63. The maximum atomic E-state index is 12.8. The van der Waals surface area contributed by atoms with Crippen LogP contribution in [0.25, 0.3) is 57.1 Å². The molecule has 5 amide bonds. The minimum atomic E-state index is -0.482. The van der Waals surface area contributed by atoms with Gasteiger partial charge in [-0.15, -0.1) is 46.4 Å². The van der Waals surface area contributed by atoms with E-state index >= 15 is 0 Å². The molecule has 9 aromatic rings. The summed E-state index contributed by atoms with van der Waals surface area (Å²) in [5.41, 5.74) is 22.3. The second-order valence-electron chi connectivity index (χ2n) is 31.8. The van der Waals surface area contributed by atoms with Crippen molar-refractivity contribution < 1.29 is 38.2 Å². The molecule has 0 saturated carbocycles. The Morgan fingerprint density at radius 2 is 0.872 bits per heavy atom. The number of benzene rings is 3. The zero-order chi connectivity index (χ0) is 74.8. The zero-order valence-corrected chi connectivity index (χ0v) is 66.6. The number of aryl methyl sites for hydroxylation is 6. The number of methoxy groups -OCH3 is 1. The molecule has 0 spiro atoms. The number of likely N-dealkylation sites (tertiary alicyclic amines) is 2. The Balaban J connectivity index is 0.000000128. The first kappa shape index (κ1) is 76.6. The largest absolute Gasteiger partial charge is 0.482 e. The molecule has 12 heterocycles. The second kappa shape index (κ2) is 33.2. The number of hydrogen-bond donors (Lipinski definition) is 7. The first-order valence-corrected chi connectivity index (χ1v) is 41.3. The average molecular weight is 1550 g/mol. The van der Waals surface area contributed by atoms with Crippen molar-refractivity contribution in [2.75, 3.05) is 62.3 Å². The van der Waals surface area contributed by atoms with Crippen LogP contribution in [0, 0.1) is 0 Å². The molecule has 18 rings (SSSR count). The monoisotopic (exact) mass is 1550 g/mol. The summed E-state index contributed by atoms with van der Waals surface area (Å²) in [6.45, 7) is 16.2. The molecule has 0 radical (unpaired) electrons.